The highest BCUT2D eigenvalue weighted by Gasteiger charge is 2.08. The molecule has 1 rings (SSSR count). The zero-order valence-electron chi connectivity index (χ0n) is 8.90. The summed E-state index contributed by atoms with van der Waals surface area (Å²) >= 11 is 3.31. The molecule has 0 radical (unpaired) electrons. The topological polar surface area (TPSA) is 53.2 Å². The van der Waals surface area contributed by atoms with Crippen LogP contribution in [0.1, 0.15) is 17.5 Å². The molecule has 0 aliphatic rings. The van der Waals surface area contributed by atoms with Crippen LogP contribution >= 0.6 is 15.9 Å². The van der Waals surface area contributed by atoms with E-state index in [2.05, 4.69) is 15.9 Å². The van der Waals surface area contributed by atoms with Crippen molar-refractivity contribution in [3.63, 3.8) is 0 Å². The van der Waals surface area contributed by atoms with E-state index in [1.165, 1.54) is 13.2 Å². The first-order valence-electron chi connectivity index (χ1n) is 4.76. The van der Waals surface area contributed by atoms with Crippen LogP contribution in [0.4, 0.5) is 0 Å². The summed E-state index contributed by atoms with van der Waals surface area (Å²) in [6.45, 7) is 0. The molecular formula is C12H12BrNO2. The molecule has 0 spiro atoms. The van der Waals surface area contributed by atoms with Crippen LogP contribution in [0.3, 0.4) is 0 Å². The predicted octanol–water partition coefficient (Wildman–Crippen LogP) is 3.07. The maximum absolute atomic E-state index is 9.81. The SMILES string of the molecule is COc1cc(C#N)cc(C=CCCBr)c1O. The Balaban J connectivity index is 3.12. The molecular weight excluding hydrogens is 270 g/mol. The van der Waals surface area contributed by atoms with Crippen molar-refractivity contribution in [1.29, 1.82) is 5.26 Å². The smallest absolute Gasteiger partial charge is 0.165 e. The summed E-state index contributed by atoms with van der Waals surface area (Å²) in [7, 11) is 1.46. The summed E-state index contributed by atoms with van der Waals surface area (Å²) in [4.78, 5) is 0. The average molecular weight is 282 g/mol. The van der Waals surface area contributed by atoms with Gasteiger partial charge in [-0.2, -0.15) is 5.26 Å². The fraction of sp³-hybridized carbons (Fsp3) is 0.250. The van der Waals surface area contributed by atoms with Crippen LogP contribution in [-0.4, -0.2) is 17.5 Å². The Hall–Kier alpha value is -1.47. The third-order valence-corrected chi connectivity index (χ3v) is 2.48. The molecule has 0 fully saturated rings. The van der Waals surface area contributed by atoms with Crippen LogP contribution in [0.15, 0.2) is 18.2 Å². The molecule has 0 atom stereocenters. The Morgan fingerprint density at radius 2 is 2.31 bits per heavy atom. The number of phenols is 1. The highest BCUT2D eigenvalue weighted by molar-refractivity contribution is 9.09. The van der Waals surface area contributed by atoms with Crippen LogP contribution in [0.25, 0.3) is 6.08 Å². The number of ether oxygens (including phenoxy) is 1. The van der Waals surface area contributed by atoms with Crippen LogP contribution in [0, 0.1) is 11.3 Å². The quantitative estimate of drug-likeness (QED) is 0.863. The van der Waals surface area contributed by atoms with E-state index in [-0.39, 0.29) is 5.75 Å². The van der Waals surface area contributed by atoms with Crippen molar-refractivity contribution in [2.45, 2.75) is 6.42 Å². The standard InChI is InChI=1S/C12H12BrNO2/c1-16-11-7-9(8-14)6-10(12(11)15)4-2-3-5-13/h2,4,6-7,15H,3,5H2,1H3. The van der Waals surface area contributed by atoms with Crippen LogP contribution in [0.5, 0.6) is 11.5 Å². The number of alkyl halides is 1. The van der Waals surface area contributed by atoms with Gasteiger partial charge in [-0.25, -0.2) is 0 Å². The maximum Gasteiger partial charge on any atom is 0.165 e. The molecule has 0 amide bonds. The normalized spacial score (nSPS) is 10.3. The number of benzene rings is 1. The van der Waals surface area contributed by atoms with Gasteiger partial charge in [0.2, 0.25) is 0 Å². The van der Waals surface area contributed by atoms with Gasteiger partial charge in [0, 0.05) is 17.0 Å². The molecule has 0 aliphatic carbocycles. The summed E-state index contributed by atoms with van der Waals surface area (Å²) < 4.78 is 4.99. The van der Waals surface area contributed by atoms with Gasteiger partial charge < -0.3 is 9.84 Å². The second-order valence-corrected chi connectivity index (χ2v) is 3.90. The number of hydrogen-bond donors (Lipinski definition) is 1. The lowest BCUT2D eigenvalue weighted by Crippen LogP contribution is -1.88. The van der Waals surface area contributed by atoms with E-state index in [9.17, 15) is 5.11 Å². The van der Waals surface area contributed by atoms with Gasteiger partial charge in [0.1, 0.15) is 0 Å². The minimum atomic E-state index is 0.0623. The number of hydrogen-bond acceptors (Lipinski definition) is 3. The van der Waals surface area contributed by atoms with Crippen molar-refractivity contribution in [2.24, 2.45) is 0 Å². The lowest BCUT2D eigenvalue weighted by molar-refractivity contribution is 0.373. The number of halogens is 1. The summed E-state index contributed by atoms with van der Waals surface area (Å²) in [6.07, 6.45) is 4.56. The van der Waals surface area contributed by atoms with Gasteiger partial charge in [-0.3, -0.25) is 0 Å². The van der Waals surface area contributed by atoms with Crippen LogP contribution in [0.2, 0.25) is 0 Å². The molecule has 4 heteroatoms. The van der Waals surface area contributed by atoms with Gasteiger partial charge in [-0.05, 0) is 12.5 Å². The number of nitriles is 1. The first-order chi connectivity index (χ1) is 7.72. The zero-order valence-corrected chi connectivity index (χ0v) is 10.5. The Kier molecular flexibility index (Phi) is 4.87. The van der Waals surface area contributed by atoms with Gasteiger partial charge in [0.15, 0.2) is 11.5 Å². The molecule has 16 heavy (non-hydrogen) atoms. The minimum Gasteiger partial charge on any atom is -0.504 e. The van der Waals surface area contributed by atoms with Crippen molar-refractivity contribution in [1.82, 2.24) is 0 Å². The van der Waals surface area contributed by atoms with Crippen molar-refractivity contribution >= 4 is 22.0 Å². The van der Waals surface area contributed by atoms with Gasteiger partial charge >= 0.3 is 0 Å². The third-order valence-electron chi connectivity index (χ3n) is 2.03. The molecule has 84 valence electrons. The van der Waals surface area contributed by atoms with Crippen molar-refractivity contribution in [2.75, 3.05) is 12.4 Å². The van der Waals surface area contributed by atoms with Gasteiger partial charge in [-0.15, -0.1) is 0 Å². The molecule has 1 N–H and O–H groups in total. The summed E-state index contributed by atoms with van der Waals surface area (Å²) in [6, 6.07) is 5.16. The van der Waals surface area contributed by atoms with E-state index in [1.54, 1.807) is 12.1 Å². The molecule has 0 saturated carbocycles. The average Bonchev–Trinajstić information content (AvgIpc) is 2.31. The first kappa shape index (κ1) is 12.6. The van der Waals surface area contributed by atoms with Crippen molar-refractivity contribution in [3.8, 4) is 17.6 Å². The lowest BCUT2D eigenvalue weighted by Gasteiger charge is -2.06. The first-order valence-corrected chi connectivity index (χ1v) is 5.88. The summed E-state index contributed by atoms with van der Waals surface area (Å²) in [5, 5.41) is 19.5. The fourth-order valence-electron chi connectivity index (χ4n) is 1.25. The Bertz CT molecular complexity index is 435. The summed E-state index contributed by atoms with van der Waals surface area (Å²) in [5.74, 6) is 0.380. The van der Waals surface area contributed by atoms with E-state index < -0.39 is 0 Å². The Labute approximate surface area is 103 Å². The molecule has 0 aliphatic heterocycles. The molecule has 0 unspecified atom stereocenters. The summed E-state index contributed by atoms with van der Waals surface area (Å²) in [5.41, 5.74) is 1.06. The third kappa shape index (κ3) is 3.01. The van der Waals surface area contributed by atoms with E-state index in [0.29, 0.717) is 16.9 Å². The monoisotopic (exact) mass is 281 g/mol. The number of allylic oxidation sites excluding steroid dienone is 1. The molecule has 0 aromatic heterocycles. The van der Waals surface area contributed by atoms with Crippen LogP contribution in [-0.2, 0) is 0 Å². The van der Waals surface area contributed by atoms with Gasteiger partial charge in [0.25, 0.3) is 0 Å². The molecule has 3 nitrogen and oxygen atoms in total. The minimum absolute atomic E-state index is 0.0623. The molecule has 0 bridgehead atoms. The highest BCUT2D eigenvalue weighted by Crippen LogP contribution is 2.32. The lowest BCUT2D eigenvalue weighted by atomic mass is 10.1. The Morgan fingerprint density at radius 3 is 2.88 bits per heavy atom. The zero-order chi connectivity index (χ0) is 12.0. The Morgan fingerprint density at radius 1 is 1.56 bits per heavy atom. The molecule has 1 aromatic carbocycles. The molecule has 0 saturated heterocycles. The van der Waals surface area contributed by atoms with E-state index in [0.717, 1.165) is 11.8 Å². The van der Waals surface area contributed by atoms with Gasteiger partial charge in [0.05, 0.1) is 18.7 Å². The van der Waals surface area contributed by atoms with E-state index in [1.807, 2.05) is 12.1 Å². The second kappa shape index (κ2) is 6.19. The number of nitrogens with zero attached hydrogens (tertiary/aromatic N) is 1. The highest BCUT2D eigenvalue weighted by atomic mass is 79.9. The maximum atomic E-state index is 9.81. The number of phenolic OH excluding ortho intramolecular Hbond substituents is 1. The van der Waals surface area contributed by atoms with Crippen molar-refractivity contribution < 1.29 is 9.84 Å². The molecule has 1 aromatic rings. The number of rotatable bonds is 4. The molecule has 0 heterocycles. The van der Waals surface area contributed by atoms with Gasteiger partial charge in [-0.1, -0.05) is 28.1 Å². The van der Waals surface area contributed by atoms with Crippen molar-refractivity contribution in [3.05, 3.63) is 29.3 Å². The van der Waals surface area contributed by atoms with E-state index in [4.69, 9.17) is 10.00 Å². The fourth-order valence-corrected chi connectivity index (χ4v) is 1.51. The number of aromatic hydroxyl groups is 1. The van der Waals surface area contributed by atoms with E-state index >= 15 is 0 Å². The predicted molar refractivity (Wildman–Crippen MR) is 66.8 cm³/mol. The number of methoxy groups -OCH3 is 1. The van der Waals surface area contributed by atoms with Crippen LogP contribution < -0.4 is 4.74 Å². The second-order valence-electron chi connectivity index (χ2n) is 3.11. The largest absolute Gasteiger partial charge is 0.504 e.